The number of aromatic amines is 1. The zero-order valence-electron chi connectivity index (χ0n) is 8.68. The Labute approximate surface area is 99.7 Å². The second-order valence-electron chi connectivity index (χ2n) is 3.72. The Morgan fingerprint density at radius 2 is 2.06 bits per heavy atom. The van der Waals surface area contributed by atoms with Crippen LogP contribution in [-0.4, -0.2) is 48.9 Å². The maximum atomic E-state index is 11.5. The fourth-order valence-corrected chi connectivity index (χ4v) is 3.18. The van der Waals surface area contributed by atoms with E-state index in [-0.39, 0.29) is 6.61 Å². The second-order valence-corrected chi connectivity index (χ2v) is 5.08. The van der Waals surface area contributed by atoms with E-state index in [1.54, 1.807) is 0 Å². The number of nitrogens with zero attached hydrogens (tertiary/aromatic N) is 1. The Balaban J connectivity index is 2.42. The zero-order valence-corrected chi connectivity index (χ0v) is 9.50. The van der Waals surface area contributed by atoms with Gasteiger partial charge >= 0.3 is 5.69 Å². The van der Waals surface area contributed by atoms with Gasteiger partial charge in [-0.1, -0.05) is 0 Å². The maximum Gasteiger partial charge on any atom is 0.329 e. The molecule has 0 bridgehead atoms. The molecule has 0 radical (unpaired) electrons. The van der Waals surface area contributed by atoms with E-state index in [2.05, 4.69) is 4.98 Å². The Hall–Kier alpha value is -1.09. The van der Waals surface area contributed by atoms with Gasteiger partial charge in [0, 0.05) is 12.3 Å². The third kappa shape index (κ3) is 2.04. The third-order valence-electron chi connectivity index (χ3n) is 2.66. The highest BCUT2D eigenvalue weighted by Crippen LogP contribution is 2.40. The molecular weight excluding hydrogens is 248 g/mol. The van der Waals surface area contributed by atoms with Crippen LogP contribution in [0.2, 0.25) is 0 Å². The van der Waals surface area contributed by atoms with Crippen molar-refractivity contribution in [3.8, 4) is 0 Å². The van der Waals surface area contributed by atoms with E-state index in [0.29, 0.717) is 0 Å². The van der Waals surface area contributed by atoms with E-state index in [4.69, 9.17) is 5.11 Å². The molecule has 1 aromatic heterocycles. The average Bonchev–Trinajstić information content (AvgIpc) is 2.57. The van der Waals surface area contributed by atoms with Gasteiger partial charge < -0.3 is 20.3 Å². The van der Waals surface area contributed by atoms with Crippen LogP contribution in [0.25, 0.3) is 0 Å². The number of H-pyrrole nitrogens is 1. The molecule has 0 spiro atoms. The highest BCUT2D eigenvalue weighted by Gasteiger charge is 2.43. The summed E-state index contributed by atoms with van der Waals surface area (Å²) in [6.45, 7) is -0.334. The number of aromatic nitrogens is 2. The van der Waals surface area contributed by atoms with Gasteiger partial charge in [0.15, 0.2) is 0 Å². The smallest absolute Gasteiger partial charge is 0.329 e. The summed E-state index contributed by atoms with van der Waals surface area (Å²) in [4.78, 5) is 25.4. The fourth-order valence-electron chi connectivity index (χ4n) is 1.77. The van der Waals surface area contributed by atoms with Crippen molar-refractivity contribution in [1.82, 2.24) is 9.55 Å². The molecule has 2 rings (SSSR count). The van der Waals surface area contributed by atoms with Gasteiger partial charge in [0.1, 0.15) is 11.5 Å². The van der Waals surface area contributed by atoms with Crippen molar-refractivity contribution in [3.63, 3.8) is 0 Å². The van der Waals surface area contributed by atoms with Crippen LogP contribution in [0.3, 0.4) is 0 Å². The van der Waals surface area contributed by atoms with E-state index in [1.165, 1.54) is 6.20 Å². The number of hydrogen-bond donors (Lipinski definition) is 4. The van der Waals surface area contributed by atoms with Crippen molar-refractivity contribution in [2.24, 2.45) is 0 Å². The minimum atomic E-state index is -1.27. The largest absolute Gasteiger partial charge is 0.395 e. The summed E-state index contributed by atoms with van der Waals surface area (Å²) < 4.78 is 0.841. The number of aliphatic hydroxyl groups is 3. The summed E-state index contributed by atoms with van der Waals surface area (Å²) >= 11 is 1.00. The highest BCUT2D eigenvalue weighted by molar-refractivity contribution is 8.00. The number of thioether (sulfide) groups is 1. The van der Waals surface area contributed by atoms with Gasteiger partial charge in [-0.25, -0.2) is 9.36 Å². The zero-order chi connectivity index (χ0) is 12.6. The van der Waals surface area contributed by atoms with Gasteiger partial charge in [-0.3, -0.25) is 4.79 Å². The lowest BCUT2D eigenvalue weighted by molar-refractivity contribution is 0.00969. The molecular formula is C9H12N2O5S. The van der Waals surface area contributed by atoms with Crippen molar-refractivity contribution >= 4 is 11.8 Å². The molecule has 4 N–H and O–H groups in total. The quantitative estimate of drug-likeness (QED) is 0.482. The topological polar surface area (TPSA) is 116 Å². The molecule has 0 amide bonds. The van der Waals surface area contributed by atoms with E-state index < -0.39 is 34.1 Å². The van der Waals surface area contributed by atoms with E-state index in [1.807, 2.05) is 0 Å². The number of rotatable bonds is 2. The van der Waals surface area contributed by atoms with Crippen LogP contribution in [0.15, 0.2) is 21.9 Å². The molecule has 17 heavy (non-hydrogen) atoms. The van der Waals surface area contributed by atoms with Crippen molar-refractivity contribution in [3.05, 3.63) is 33.1 Å². The highest BCUT2D eigenvalue weighted by atomic mass is 32.2. The fraction of sp³-hybridized carbons (Fsp3) is 0.556. The minimum absolute atomic E-state index is 0.334. The summed E-state index contributed by atoms with van der Waals surface area (Å²) in [6.07, 6.45) is -1.22. The lowest BCUT2D eigenvalue weighted by Gasteiger charge is -2.16. The standard InChI is InChI=1S/C9H12N2O5S/c12-3-4-6(14)7(15)8(17-4)11-5(13)1-2-10-9(11)16/h1-2,4,6-8,12,14-15H,3H2,(H,10,16)/t4-,6-,7+,8?/m1/s1. The van der Waals surface area contributed by atoms with Crippen molar-refractivity contribution in [1.29, 1.82) is 0 Å². The molecule has 1 aliphatic heterocycles. The molecule has 1 unspecified atom stereocenters. The summed E-state index contributed by atoms with van der Waals surface area (Å²) in [5.74, 6) is 0. The van der Waals surface area contributed by atoms with Crippen molar-refractivity contribution in [2.75, 3.05) is 6.61 Å². The molecule has 4 atom stereocenters. The maximum absolute atomic E-state index is 11.5. The lowest BCUT2D eigenvalue weighted by Crippen LogP contribution is -2.41. The van der Waals surface area contributed by atoms with Crippen LogP contribution in [0.1, 0.15) is 5.37 Å². The molecule has 1 aromatic rings. The Bertz CT molecular complexity index is 484. The normalized spacial score (nSPS) is 32.9. The first-order valence-corrected chi connectivity index (χ1v) is 5.93. The van der Waals surface area contributed by atoms with Crippen LogP contribution in [-0.2, 0) is 0 Å². The predicted octanol–water partition coefficient (Wildman–Crippen LogP) is -2.14. The van der Waals surface area contributed by atoms with Gasteiger partial charge in [0.05, 0.1) is 18.0 Å². The van der Waals surface area contributed by atoms with Gasteiger partial charge in [0.25, 0.3) is 5.56 Å². The summed E-state index contributed by atoms with van der Waals surface area (Å²) in [6, 6.07) is 1.16. The first-order valence-electron chi connectivity index (χ1n) is 4.99. The Kier molecular flexibility index (Phi) is 3.38. The summed E-state index contributed by atoms with van der Waals surface area (Å²) in [7, 11) is 0. The molecule has 1 saturated heterocycles. The molecule has 8 heteroatoms. The monoisotopic (exact) mass is 260 g/mol. The first-order chi connectivity index (χ1) is 8.06. The van der Waals surface area contributed by atoms with Gasteiger partial charge in [-0.05, 0) is 0 Å². The predicted molar refractivity (Wildman–Crippen MR) is 60.8 cm³/mol. The molecule has 1 fully saturated rings. The number of aliphatic hydroxyl groups excluding tert-OH is 3. The van der Waals surface area contributed by atoms with Crippen molar-refractivity contribution in [2.45, 2.75) is 22.8 Å². The van der Waals surface area contributed by atoms with Gasteiger partial charge in [-0.15, -0.1) is 11.8 Å². The van der Waals surface area contributed by atoms with E-state index in [0.717, 1.165) is 22.4 Å². The first kappa shape index (κ1) is 12.4. The van der Waals surface area contributed by atoms with Crippen LogP contribution >= 0.6 is 11.8 Å². The Morgan fingerprint density at radius 1 is 1.35 bits per heavy atom. The molecule has 7 nitrogen and oxygen atoms in total. The third-order valence-corrected chi connectivity index (χ3v) is 4.21. The molecule has 0 saturated carbocycles. The van der Waals surface area contributed by atoms with Crippen LogP contribution in [0, 0.1) is 0 Å². The SMILES string of the molecule is O=c1cc[nH]c(=O)n1C1S[C@H](CO)[C@@H](O)[C@@H]1O. The van der Waals surface area contributed by atoms with E-state index >= 15 is 0 Å². The molecule has 1 aliphatic rings. The molecule has 2 heterocycles. The minimum Gasteiger partial charge on any atom is -0.395 e. The van der Waals surface area contributed by atoms with Gasteiger partial charge in [0.2, 0.25) is 0 Å². The molecule has 0 aliphatic carbocycles. The average molecular weight is 260 g/mol. The number of nitrogens with one attached hydrogen (secondary N) is 1. The lowest BCUT2D eigenvalue weighted by atomic mass is 10.1. The van der Waals surface area contributed by atoms with E-state index in [9.17, 15) is 19.8 Å². The van der Waals surface area contributed by atoms with Crippen LogP contribution in [0.5, 0.6) is 0 Å². The molecule has 94 valence electrons. The second kappa shape index (κ2) is 4.65. The van der Waals surface area contributed by atoms with Gasteiger partial charge in [-0.2, -0.15) is 0 Å². The van der Waals surface area contributed by atoms with Crippen molar-refractivity contribution < 1.29 is 15.3 Å². The Morgan fingerprint density at radius 3 is 2.59 bits per heavy atom. The number of hydrogen-bond acceptors (Lipinski definition) is 6. The van der Waals surface area contributed by atoms with Crippen LogP contribution < -0.4 is 11.2 Å². The van der Waals surface area contributed by atoms with Crippen LogP contribution in [0.4, 0.5) is 0 Å². The summed E-state index contributed by atoms with van der Waals surface area (Å²) in [5.41, 5.74) is -1.21. The summed E-state index contributed by atoms with van der Waals surface area (Å²) in [5, 5.41) is 26.9. The molecule has 0 aromatic carbocycles.